The van der Waals surface area contributed by atoms with Crippen LogP contribution in [0, 0.1) is 17.2 Å². The van der Waals surface area contributed by atoms with Crippen molar-refractivity contribution >= 4 is 39.3 Å². The van der Waals surface area contributed by atoms with E-state index in [0.717, 1.165) is 33.2 Å². The van der Waals surface area contributed by atoms with Crippen molar-refractivity contribution < 1.29 is 0 Å². The summed E-state index contributed by atoms with van der Waals surface area (Å²) in [5.74, 6) is 1.55. The number of fused-ring (bicyclic) bond motifs is 1. The molecule has 1 aliphatic carbocycles. The number of rotatable bonds is 4. The molecule has 1 N–H and O–H groups in total. The normalized spacial score (nSPS) is 24.6. The first kappa shape index (κ1) is 18.9. The van der Waals surface area contributed by atoms with Crippen molar-refractivity contribution in [1.82, 2.24) is 14.9 Å². The lowest BCUT2D eigenvalue weighted by Gasteiger charge is -2.40. The molecule has 0 spiro atoms. The molecule has 0 bridgehead atoms. The Balaban J connectivity index is 1.33. The summed E-state index contributed by atoms with van der Waals surface area (Å²) in [6, 6.07) is 8.58. The summed E-state index contributed by atoms with van der Waals surface area (Å²) in [5.41, 5.74) is 1.53. The summed E-state index contributed by atoms with van der Waals surface area (Å²) in [6.45, 7) is 3.52. The molecule has 1 aromatic carbocycles. The van der Waals surface area contributed by atoms with E-state index in [1.165, 1.54) is 51.6 Å². The van der Waals surface area contributed by atoms with Gasteiger partial charge in [-0.2, -0.15) is 5.26 Å². The maximum Gasteiger partial charge on any atom is 0.137 e. The second-order valence-corrected chi connectivity index (χ2v) is 9.59. The van der Waals surface area contributed by atoms with Gasteiger partial charge >= 0.3 is 0 Å². The minimum atomic E-state index is 0.649. The van der Waals surface area contributed by atoms with Crippen LogP contribution < -0.4 is 5.32 Å². The first-order valence-electron chi connectivity index (χ1n) is 10.00. The maximum absolute atomic E-state index is 9.15. The van der Waals surface area contributed by atoms with Crippen molar-refractivity contribution in [2.45, 2.75) is 48.5 Å². The number of alkyl halides is 1. The Hall–Kier alpha value is -1.46. The smallest absolute Gasteiger partial charge is 0.137 e. The van der Waals surface area contributed by atoms with Crippen molar-refractivity contribution in [1.29, 1.82) is 5.26 Å². The third-order valence-electron chi connectivity index (χ3n) is 6.11. The number of piperidine rings is 1. The number of aromatic nitrogens is 2. The summed E-state index contributed by atoms with van der Waals surface area (Å²) in [4.78, 5) is 11.5. The van der Waals surface area contributed by atoms with Crippen LogP contribution in [0.15, 0.2) is 24.5 Å². The summed E-state index contributed by atoms with van der Waals surface area (Å²) in [7, 11) is 0. The van der Waals surface area contributed by atoms with Gasteiger partial charge in [-0.3, -0.25) is 0 Å². The average Bonchev–Trinajstić information content (AvgIpc) is 2.73. The van der Waals surface area contributed by atoms with Crippen LogP contribution >= 0.6 is 22.6 Å². The zero-order valence-corrected chi connectivity index (χ0v) is 17.7. The van der Waals surface area contributed by atoms with Crippen molar-refractivity contribution in [3.05, 3.63) is 30.1 Å². The molecule has 0 unspecified atom stereocenters. The van der Waals surface area contributed by atoms with Gasteiger partial charge in [0, 0.05) is 21.9 Å². The molecule has 1 aliphatic heterocycles. The minimum Gasteiger partial charge on any atom is -0.369 e. The predicted octanol–water partition coefficient (Wildman–Crippen LogP) is 4.37. The second-order valence-electron chi connectivity index (χ2n) is 7.83. The number of benzene rings is 1. The van der Waals surface area contributed by atoms with Gasteiger partial charge in [0.25, 0.3) is 0 Å². The number of nitriles is 1. The first-order valence-corrected chi connectivity index (χ1v) is 11.2. The molecule has 0 radical (unpaired) electrons. The van der Waals surface area contributed by atoms with Crippen molar-refractivity contribution in [2.24, 2.45) is 5.92 Å². The number of nitrogens with one attached hydrogen (secondary N) is 1. The van der Waals surface area contributed by atoms with E-state index in [-0.39, 0.29) is 0 Å². The van der Waals surface area contributed by atoms with Gasteiger partial charge < -0.3 is 10.2 Å². The van der Waals surface area contributed by atoms with Crippen LogP contribution in [-0.2, 0) is 0 Å². The number of halogens is 1. The topological polar surface area (TPSA) is 64.8 Å². The Morgan fingerprint density at radius 2 is 1.89 bits per heavy atom. The molecule has 2 aromatic rings. The van der Waals surface area contributed by atoms with E-state index in [0.29, 0.717) is 11.5 Å². The molecular formula is C21H26IN5. The fourth-order valence-corrected chi connectivity index (χ4v) is 5.01. The second kappa shape index (κ2) is 8.70. The standard InChI is InChI=1S/C21H26IN5/c22-17-7-9-27(10-8-17)18-4-1-15(2-5-18)13-24-21-19-11-16(12-23)3-6-20(19)25-14-26-21/h3,6,11,14-15,17-18H,1-2,4-5,7-10,13H2,(H,24,25,26). The van der Waals surface area contributed by atoms with E-state index in [9.17, 15) is 0 Å². The highest BCUT2D eigenvalue weighted by atomic mass is 127. The molecule has 5 nitrogen and oxygen atoms in total. The Morgan fingerprint density at radius 3 is 2.63 bits per heavy atom. The molecule has 1 saturated carbocycles. The molecule has 2 fully saturated rings. The van der Waals surface area contributed by atoms with Crippen LogP contribution in [0.1, 0.15) is 44.1 Å². The monoisotopic (exact) mass is 475 g/mol. The van der Waals surface area contributed by atoms with Crippen LogP contribution in [0.3, 0.4) is 0 Å². The fourth-order valence-electron chi connectivity index (χ4n) is 4.46. The van der Waals surface area contributed by atoms with E-state index >= 15 is 0 Å². The molecule has 27 heavy (non-hydrogen) atoms. The summed E-state index contributed by atoms with van der Waals surface area (Å²) < 4.78 is 0.878. The summed E-state index contributed by atoms with van der Waals surface area (Å²) in [6.07, 6.45) is 9.52. The zero-order chi connectivity index (χ0) is 18.6. The van der Waals surface area contributed by atoms with Gasteiger partial charge in [0.15, 0.2) is 0 Å². The SMILES string of the molecule is N#Cc1ccc2ncnc(NCC3CCC(N4CCC(I)CC4)CC3)c2c1. The van der Waals surface area contributed by atoms with E-state index in [2.05, 4.69) is 48.8 Å². The van der Waals surface area contributed by atoms with Gasteiger partial charge in [0.2, 0.25) is 0 Å². The van der Waals surface area contributed by atoms with Crippen LogP contribution in [0.4, 0.5) is 5.82 Å². The highest BCUT2D eigenvalue weighted by Crippen LogP contribution is 2.31. The molecule has 1 aromatic heterocycles. The minimum absolute atomic E-state index is 0.649. The van der Waals surface area contributed by atoms with E-state index in [1.807, 2.05) is 12.1 Å². The van der Waals surface area contributed by atoms with Gasteiger partial charge in [-0.25, -0.2) is 9.97 Å². The number of nitrogens with zero attached hydrogens (tertiary/aromatic N) is 4. The molecule has 2 aliphatic rings. The maximum atomic E-state index is 9.15. The third kappa shape index (κ3) is 4.52. The third-order valence-corrected chi connectivity index (χ3v) is 7.36. The van der Waals surface area contributed by atoms with Crippen LogP contribution in [0.2, 0.25) is 0 Å². The van der Waals surface area contributed by atoms with Crippen LogP contribution in [0.5, 0.6) is 0 Å². The largest absolute Gasteiger partial charge is 0.369 e. The number of hydrogen-bond acceptors (Lipinski definition) is 5. The zero-order valence-electron chi connectivity index (χ0n) is 15.6. The summed E-state index contributed by atoms with van der Waals surface area (Å²) >= 11 is 2.60. The first-order chi connectivity index (χ1) is 13.2. The van der Waals surface area contributed by atoms with Crippen LogP contribution in [-0.4, -0.2) is 44.5 Å². The van der Waals surface area contributed by atoms with Crippen molar-refractivity contribution in [3.8, 4) is 6.07 Å². The Morgan fingerprint density at radius 1 is 1.11 bits per heavy atom. The highest BCUT2D eigenvalue weighted by molar-refractivity contribution is 14.1. The van der Waals surface area contributed by atoms with Gasteiger partial charge in [-0.15, -0.1) is 0 Å². The molecule has 2 heterocycles. The average molecular weight is 475 g/mol. The lowest BCUT2D eigenvalue weighted by molar-refractivity contribution is 0.120. The highest BCUT2D eigenvalue weighted by Gasteiger charge is 2.28. The fraction of sp³-hybridized carbons (Fsp3) is 0.571. The van der Waals surface area contributed by atoms with Crippen molar-refractivity contribution in [3.63, 3.8) is 0 Å². The molecule has 1 saturated heterocycles. The molecule has 0 atom stereocenters. The number of hydrogen-bond donors (Lipinski definition) is 1. The molecule has 6 heteroatoms. The Bertz CT molecular complexity index is 817. The molecular weight excluding hydrogens is 449 g/mol. The van der Waals surface area contributed by atoms with E-state index in [4.69, 9.17) is 5.26 Å². The molecule has 142 valence electrons. The number of anilines is 1. The molecule has 0 amide bonds. The Labute approximate surface area is 174 Å². The lowest BCUT2D eigenvalue weighted by atomic mass is 9.84. The van der Waals surface area contributed by atoms with Crippen molar-refractivity contribution in [2.75, 3.05) is 25.0 Å². The van der Waals surface area contributed by atoms with Gasteiger partial charge in [-0.05, 0) is 75.7 Å². The van der Waals surface area contributed by atoms with Crippen LogP contribution in [0.25, 0.3) is 10.9 Å². The predicted molar refractivity (Wildman–Crippen MR) is 117 cm³/mol. The van der Waals surface area contributed by atoms with E-state index in [1.54, 1.807) is 12.4 Å². The van der Waals surface area contributed by atoms with Gasteiger partial charge in [-0.1, -0.05) is 22.6 Å². The van der Waals surface area contributed by atoms with E-state index < -0.39 is 0 Å². The summed E-state index contributed by atoms with van der Waals surface area (Å²) in [5, 5.41) is 13.6. The lowest BCUT2D eigenvalue weighted by Crippen LogP contribution is -2.43. The van der Waals surface area contributed by atoms with Gasteiger partial charge in [0.1, 0.15) is 12.1 Å². The van der Waals surface area contributed by atoms with Gasteiger partial charge in [0.05, 0.1) is 17.1 Å². The number of likely N-dealkylation sites (tertiary alicyclic amines) is 1. The Kier molecular flexibility index (Phi) is 6.08. The molecule has 4 rings (SSSR count). The quantitative estimate of drug-likeness (QED) is 0.526.